The number of hydrogen-bond acceptors (Lipinski definition) is 1. The molecule has 19 heavy (non-hydrogen) atoms. The number of ether oxygens (including phenoxy) is 1. The molecule has 0 bridgehead atoms. The first-order valence-corrected chi connectivity index (χ1v) is 8.13. The summed E-state index contributed by atoms with van der Waals surface area (Å²) in [5.74, 6) is 6.50. The predicted molar refractivity (Wildman–Crippen MR) is 84.6 cm³/mol. The van der Waals surface area contributed by atoms with Crippen LogP contribution >= 0.6 is 10.5 Å². The minimum atomic E-state index is 0.160. The maximum Gasteiger partial charge on any atom is 0.118 e. The van der Waals surface area contributed by atoms with Gasteiger partial charge in [-0.25, -0.2) is 0 Å². The van der Waals surface area contributed by atoms with E-state index in [0.717, 1.165) is 12.2 Å². The Kier molecular flexibility index (Phi) is 3.43. The largest absolute Gasteiger partial charge is 0.497 e. The van der Waals surface area contributed by atoms with Gasteiger partial charge in [0.1, 0.15) is 5.75 Å². The lowest BCUT2D eigenvalue weighted by atomic mass is 9.97. The van der Waals surface area contributed by atoms with Crippen LogP contribution < -0.4 is 4.74 Å². The Morgan fingerprint density at radius 3 is 2.58 bits per heavy atom. The van der Waals surface area contributed by atoms with Gasteiger partial charge < -0.3 is 4.74 Å². The Balaban J connectivity index is 2.05. The first-order valence-electron chi connectivity index (χ1n) is 6.51. The zero-order valence-electron chi connectivity index (χ0n) is 11.1. The molecule has 0 N–H and O–H groups in total. The molecule has 2 aromatic carbocycles. The molecular weight excluding hydrogens is 252 g/mol. The molecule has 2 heteroatoms. The van der Waals surface area contributed by atoms with E-state index in [9.17, 15) is 0 Å². The van der Waals surface area contributed by atoms with Crippen molar-refractivity contribution in [3.05, 3.63) is 65.2 Å². The maximum absolute atomic E-state index is 5.24. The fraction of sp³-hybridized carbons (Fsp3) is 0.235. The smallest absolute Gasteiger partial charge is 0.118 e. The summed E-state index contributed by atoms with van der Waals surface area (Å²) in [7, 11) is 1.87. The van der Waals surface area contributed by atoms with Crippen LogP contribution in [0.2, 0.25) is 0 Å². The van der Waals surface area contributed by atoms with E-state index in [4.69, 9.17) is 4.74 Å². The van der Waals surface area contributed by atoms with Crippen LogP contribution in [0.5, 0.6) is 5.75 Å². The van der Waals surface area contributed by atoms with Crippen molar-refractivity contribution < 1.29 is 4.74 Å². The third-order valence-electron chi connectivity index (χ3n) is 3.72. The minimum absolute atomic E-state index is 0.160. The highest BCUT2D eigenvalue weighted by molar-refractivity contribution is 8.14. The van der Waals surface area contributed by atoms with Crippen molar-refractivity contribution in [2.75, 3.05) is 12.9 Å². The predicted octanol–water partition coefficient (Wildman–Crippen LogP) is 4.04. The van der Waals surface area contributed by atoms with Crippen LogP contribution in [0.25, 0.3) is 0 Å². The first-order chi connectivity index (χ1) is 9.29. The second-order valence-electron chi connectivity index (χ2n) is 4.84. The molecule has 3 rings (SSSR count). The van der Waals surface area contributed by atoms with Crippen LogP contribution in [0.1, 0.15) is 21.9 Å². The van der Waals surface area contributed by atoms with Crippen LogP contribution in [0, 0.1) is 0 Å². The van der Waals surface area contributed by atoms with Gasteiger partial charge in [0.05, 0.1) is 7.11 Å². The molecule has 0 aliphatic carbocycles. The number of aryl methyl sites for hydroxylation is 1. The molecule has 0 fully saturated rings. The van der Waals surface area contributed by atoms with Gasteiger partial charge in [-0.1, -0.05) is 42.3 Å². The number of hydrogen-bond donors (Lipinski definition) is 0. The van der Waals surface area contributed by atoms with Crippen molar-refractivity contribution in [3.63, 3.8) is 0 Å². The molecule has 0 radical (unpaired) electrons. The van der Waals surface area contributed by atoms with Gasteiger partial charge in [-0.05, 0) is 41.0 Å². The lowest BCUT2D eigenvalue weighted by molar-refractivity contribution is 0.414. The molecule has 0 spiro atoms. The molecule has 0 amide bonds. The zero-order valence-corrected chi connectivity index (χ0v) is 12.0. The second kappa shape index (κ2) is 5.22. The number of rotatable bonds is 2. The minimum Gasteiger partial charge on any atom is -0.497 e. The third-order valence-corrected chi connectivity index (χ3v) is 5.64. The lowest BCUT2D eigenvalue weighted by Crippen LogP contribution is -2.11. The Morgan fingerprint density at radius 2 is 1.84 bits per heavy atom. The standard InChI is InChI=1S/C17H18OS/c1-18-15-9-7-14(8-10-15)17-16-6-4-3-5-13(16)11-12-19(17)2/h3-10,17H,2,11-12H2,1H3/t17-,19?/m0/s1. The van der Waals surface area contributed by atoms with E-state index in [1.54, 1.807) is 7.11 Å². The molecular formula is C17H18OS. The molecule has 2 aromatic rings. The number of benzene rings is 2. The highest BCUT2D eigenvalue weighted by Gasteiger charge is 2.23. The summed E-state index contributed by atoms with van der Waals surface area (Å²) < 4.78 is 5.24. The maximum atomic E-state index is 5.24. The molecule has 2 atom stereocenters. The van der Waals surface area contributed by atoms with Gasteiger partial charge in [-0.2, -0.15) is 10.5 Å². The Labute approximate surface area is 117 Å². The SMILES string of the molecule is C=S1CCc2ccccc2[C@@H]1c1ccc(OC)cc1. The summed E-state index contributed by atoms with van der Waals surface area (Å²) in [6.07, 6.45) is 1.16. The van der Waals surface area contributed by atoms with Crippen LogP contribution in [-0.4, -0.2) is 18.7 Å². The van der Waals surface area contributed by atoms with Crippen LogP contribution in [-0.2, 0) is 6.42 Å². The van der Waals surface area contributed by atoms with Gasteiger partial charge in [-0.15, -0.1) is 0 Å². The van der Waals surface area contributed by atoms with Gasteiger partial charge in [0.15, 0.2) is 0 Å². The van der Waals surface area contributed by atoms with E-state index in [-0.39, 0.29) is 10.5 Å². The molecule has 1 nitrogen and oxygen atoms in total. The monoisotopic (exact) mass is 270 g/mol. The van der Waals surface area contributed by atoms with Gasteiger partial charge in [-0.3, -0.25) is 0 Å². The van der Waals surface area contributed by atoms with Crippen molar-refractivity contribution >= 4 is 16.4 Å². The van der Waals surface area contributed by atoms with Crippen molar-refractivity contribution in [2.45, 2.75) is 11.7 Å². The van der Waals surface area contributed by atoms with E-state index in [1.807, 2.05) is 12.1 Å². The molecule has 1 aliphatic rings. The molecule has 98 valence electrons. The normalized spacial score (nSPS) is 21.7. The summed E-state index contributed by atoms with van der Waals surface area (Å²) in [5, 5.41) is 0.441. The second-order valence-corrected chi connectivity index (χ2v) is 6.80. The highest BCUT2D eigenvalue weighted by atomic mass is 32.2. The summed E-state index contributed by atoms with van der Waals surface area (Å²) >= 11 is 0. The topological polar surface area (TPSA) is 9.23 Å². The average Bonchev–Trinajstić information content (AvgIpc) is 2.47. The Bertz CT molecular complexity index is 601. The fourth-order valence-corrected chi connectivity index (χ4v) is 4.56. The molecule has 1 heterocycles. The summed E-state index contributed by atoms with van der Waals surface area (Å²) in [4.78, 5) is 0. The molecule has 0 aromatic heterocycles. The molecule has 1 aliphatic heterocycles. The Hall–Kier alpha value is -1.54. The average molecular weight is 270 g/mol. The number of fused-ring (bicyclic) bond motifs is 1. The highest BCUT2D eigenvalue weighted by Crippen LogP contribution is 2.45. The third kappa shape index (κ3) is 2.33. The van der Waals surface area contributed by atoms with E-state index >= 15 is 0 Å². The van der Waals surface area contributed by atoms with Gasteiger partial charge in [0, 0.05) is 5.25 Å². The van der Waals surface area contributed by atoms with Crippen molar-refractivity contribution in [1.82, 2.24) is 0 Å². The van der Waals surface area contributed by atoms with Crippen molar-refractivity contribution in [3.8, 4) is 5.75 Å². The molecule has 0 saturated carbocycles. The van der Waals surface area contributed by atoms with Gasteiger partial charge in [0.25, 0.3) is 0 Å². The lowest BCUT2D eigenvalue weighted by Gasteiger charge is -2.29. The van der Waals surface area contributed by atoms with E-state index < -0.39 is 0 Å². The molecule has 0 saturated heterocycles. The van der Waals surface area contributed by atoms with Crippen LogP contribution in [0.4, 0.5) is 0 Å². The van der Waals surface area contributed by atoms with Crippen molar-refractivity contribution in [2.24, 2.45) is 0 Å². The van der Waals surface area contributed by atoms with E-state index in [2.05, 4.69) is 42.3 Å². The quantitative estimate of drug-likeness (QED) is 0.748. The van der Waals surface area contributed by atoms with Gasteiger partial charge in [0.2, 0.25) is 0 Å². The van der Waals surface area contributed by atoms with E-state index in [1.165, 1.54) is 22.4 Å². The molecule has 1 unspecified atom stereocenters. The van der Waals surface area contributed by atoms with Crippen molar-refractivity contribution in [1.29, 1.82) is 0 Å². The van der Waals surface area contributed by atoms with Crippen LogP contribution in [0.3, 0.4) is 0 Å². The summed E-state index contributed by atoms with van der Waals surface area (Å²) in [5.41, 5.74) is 4.29. The fourth-order valence-electron chi connectivity index (χ4n) is 2.71. The van der Waals surface area contributed by atoms with E-state index in [0.29, 0.717) is 5.25 Å². The summed E-state index contributed by atoms with van der Waals surface area (Å²) in [6, 6.07) is 17.2. The Morgan fingerprint density at radius 1 is 1.11 bits per heavy atom. The van der Waals surface area contributed by atoms with Crippen LogP contribution in [0.15, 0.2) is 48.5 Å². The number of methoxy groups -OCH3 is 1. The first kappa shape index (κ1) is 12.5. The summed E-state index contributed by atoms with van der Waals surface area (Å²) in [6.45, 7) is 0. The van der Waals surface area contributed by atoms with Gasteiger partial charge >= 0.3 is 0 Å². The zero-order chi connectivity index (χ0) is 13.2.